The molecule has 1 atom stereocenters. The van der Waals surface area contributed by atoms with Crippen molar-refractivity contribution in [2.24, 2.45) is 0 Å². The van der Waals surface area contributed by atoms with Gasteiger partial charge in [-0.25, -0.2) is 4.98 Å². The van der Waals surface area contributed by atoms with Gasteiger partial charge in [-0.1, -0.05) is 11.6 Å². The van der Waals surface area contributed by atoms with Gasteiger partial charge in [0.25, 0.3) is 0 Å². The average molecular weight is 266 g/mol. The van der Waals surface area contributed by atoms with Crippen molar-refractivity contribution < 1.29 is 4.74 Å². The van der Waals surface area contributed by atoms with E-state index in [9.17, 15) is 0 Å². The fraction of sp³-hybridized carbons (Fsp3) is 0.462. The summed E-state index contributed by atoms with van der Waals surface area (Å²) >= 11 is 6.04. The number of aromatic nitrogens is 2. The first-order chi connectivity index (χ1) is 8.57. The second-order valence-corrected chi connectivity index (χ2v) is 5.53. The van der Waals surface area contributed by atoms with E-state index in [1.165, 1.54) is 0 Å². The standard InChI is InChI=1S/C13H16ClN3O/c1-13(5-2-6-18-13)8-17-11-7-9(14)3-4-10(11)16-12(17)15/h3-4,7H,2,5-6,8H2,1H3,(H2,15,16). The van der Waals surface area contributed by atoms with Crippen molar-refractivity contribution in [3.05, 3.63) is 23.2 Å². The molecule has 18 heavy (non-hydrogen) atoms. The van der Waals surface area contributed by atoms with Crippen LogP contribution in [0.2, 0.25) is 5.02 Å². The minimum Gasteiger partial charge on any atom is -0.373 e. The highest BCUT2D eigenvalue weighted by Crippen LogP contribution is 2.30. The molecule has 0 aliphatic carbocycles. The molecule has 2 heterocycles. The average Bonchev–Trinajstić information content (AvgIpc) is 2.86. The van der Waals surface area contributed by atoms with Crippen LogP contribution in [-0.4, -0.2) is 21.8 Å². The Morgan fingerprint density at radius 1 is 1.56 bits per heavy atom. The van der Waals surface area contributed by atoms with Crippen molar-refractivity contribution in [3.8, 4) is 0 Å². The first-order valence-corrected chi connectivity index (χ1v) is 6.50. The van der Waals surface area contributed by atoms with Gasteiger partial charge in [0.15, 0.2) is 0 Å². The van der Waals surface area contributed by atoms with Crippen LogP contribution < -0.4 is 5.73 Å². The molecule has 2 N–H and O–H groups in total. The van der Waals surface area contributed by atoms with Gasteiger partial charge in [0, 0.05) is 11.6 Å². The number of nitrogens with zero attached hydrogens (tertiary/aromatic N) is 2. The van der Waals surface area contributed by atoms with Crippen molar-refractivity contribution in [1.82, 2.24) is 9.55 Å². The molecule has 1 aromatic carbocycles. The molecule has 0 bridgehead atoms. The Morgan fingerprint density at radius 3 is 3.11 bits per heavy atom. The molecule has 96 valence electrons. The van der Waals surface area contributed by atoms with E-state index in [0.717, 1.165) is 37.0 Å². The van der Waals surface area contributed by atoms with E-state index in [4.69, 9.17) is 22.1 Å². The van der Waals surface area contributed by atoms with Crippen molar-refractivity contribution in [3.63, 3.8) is 0 Å². The highest BCUT2D eigenvalue weighted by Gasteiger charge is 2.31. The molecule has 1 aromatic heterocycles. The number of benzene rings is 1. The zero-order valence-corrected chi connectivity index (χ0v) is 11.1. The maximum Gasteiger partial charge on any atom is 0.201 e. The molecular formula is C13H16ClN3O. The predicted octanol–water partition coefficient (Wildman–Crippen LogP) is 2.84. The Balaban J connectivity index is 2.05. The molecular weight excluding hydrogens is 250 g/mol. The molecule has 0 saturated carbocycles. The van der Waals surface area contributed by atoms with Crippen LogP contribution in [0, 0.1) is 0 Å². The van der Waals surface area contributed by atoms with Crippen LogP contribution in [0.15, 0.2) is 18.2 Å². The highest BCUT2D eigenvalue weighted by atomic mass is 35.5. The minimum atomic E-state index is -0.149. The van der Waals surface area contributed by atoms with Gasteiger partial charge in [-0.2, -0.15) is 0 Å². The van der Waals surface area contributed by atoms with Gasteiger partial charge in [-0.15, -0.1) is 0 Å². The summed E-state index contributed by atoms with van der Waals surface area (Å²) in [6.07, 6.45) is 2.15. The van der Waals surface area contributed by atoms with E-state index < -0.39 is 0 Å². The zero-order valence-electron chi connectivity index (χ0n) is 10.3. The van der Waals surface area contributed by atoms with Gasteiger partial charge in [0.1, 0.15) is 0 Å². The number of hydrogen-bond donors (Lipinski definition) is 1. The summed E-state index contributed by atoms with van der Waals surface area (Å²) in [5.41, 5.74) is 7.69. The van der Waals surface area contributed by atoms with E-state index in [0.29, 0.717) is 11.0 Å². The van der Waals surface area contributed by atoms with Gasteiger partial charge < -0.3 is 15.0 Å². The molecule has 5 heteroatoms. The Labute approximate surface area is 111 Å². The molecule has 1 aliphatic rings. The smallest absolute Gasteiger partial charge is 0.201 e. The summed E-state index contributed by atoms with van der Waals surface area (Å²) in [5, 5.41) is 0.696. The molecule has 0 radical (unpaired) electrons. The predicted molar refractivity (Wildman–Crippen MR) is 72.7 cm³/mol. The SMILES string of the molecule is CC1(Cn2c(N)nc3ccc(Cl)cc32)CCCO1. The minimum absolute atomic E-state index is 0.149. The third kappa shape index (κ3) is 1.95. The first-order valence-electron chi connectivity index (χ1n) is 6.13. The van der Waals surface area contributed by atoms with Crippen molar-refractivity contribution in [1.29, 1.82) is 0 Å². The number of imidazole rings is 1. The number of halogens is 1. The summed E-state index contributed by atoms with van der Waals surface area (Å²) in [7, 11) is 0. The van der Waals surface area contributed by atoms with Crippen LogP contribution >= 0.6 is 11.6 Å². The lowest BCUT2D eigenvalue weighted by Gasteiger charge is -2.24. The monoisotopic (exact) mass is 265 g/mol. The van der Waals surface area contributed by atoms with Gasteiger partial charge in [0.2, 0.25) is 5.95 Å². The largest absolute Gasteiger partial charge is 0.373 e. The van der Waals surface area contributed by atoms with Gasteiger partial charge in [-0.3, -0.25) is 0 Å². The molecule has 0 amide bonds. The molecule has 2 aromatic rings. The lowest BCUT2D eigenvalue weighted by atomic mass is 10.0. The fourth-order valence-electron chi connectivity index (χ4n) is 2.58. The van der Waals surface area contributed by atoms with E-state index in [1.807, 2.05) is 22.8 Å². The van der Waals surface area contributed by atoms with Crippen LogP contribution in [0.1, 0.15) is 19.8 Å². The maximum atomic E-state index is 6.04. The van der Waals surface area contributed by atoms with Crippen molar-refractivity contribution in [2.45, 2.75) is 31.9 Å². The summed E-state index contributed by atoms with van der Waals surface area (Å²) < 4.78 is 7.80. The normalized spacial score (nSPS) is 23.9. The number of nitrogens with two attached hydrogens (primary N) is 1. The van der Waals surface area contributed by atoms with Crippen LogP contribution in [0.5, 0.6) is 0 Å². The van der Waals surface area contributed by atoms with E-state index >= 15 is 0 Å². The Morgan fingerprint density at radius 2 is 2.39 bits per heavy atom. The molecule has 4 nitrogen and oxygen atoms in total. The van der Waals surface area contributed by atoms with Gasteiger partial charge >= 0.3 is 0 Å². The lowest BCUT2D eigenvalue weighted by Crippen LogP contribution is -2.30. The Hall–Kier alpha value is -1.26. The van der Waals surface area contributed by atoms with Crippen LogP contribution in [0.25, 0.3) is 11.0 Å². The van der Waals surface area contributed by atoms with Crippen LogP contribution in [0.3, 0.4) is 0 Å². The maximum absolute atomic E-state index is 6.04. The molecule has 1 unspecified atom stereocenters. The Kier molecular flexibility index (Phi) is 2.72. The number of hydrogen-bond acceptors (Lipinski definition) is 3. The first kappa shape index (κ1) is 11.8. The number of nitrogen functional groups attached to an aromatic ring is 1. The summed E-state index contributed by atoms with van der Waals surface area (Å²) in [6.45, 7) is 3.66. The quantitative estimate of drug-likeness (QED) is 0.908. The van der Waals surface area contributed by atoms with Crippen LogP contribution in [0.4, 0.5) is 5.95 Å². The summed E-state index contributed by atoms with van der Waals surface area (Å²) in [4.78, 5) is 4.35. The topological polar surface area (TPSA) is 53.1 Å². The number of rotatable bonds is 2. The molecule has 3 rings (SSSR count). The fourth-order valence-corrected chi connectivity index (χ4v) is 2.74. The number of anilines is 1. The lowest BCUT2D eigenvalue weighted by molar-refractivity contribution is 0.00750. The van der Waals surface area contributed by atoms with Crippen molar-refractivity contribution >= 4 is 28.6 Å². The second-order valence-electron chi connectivity index (χ2n) is 5.09. The number of ether oxygens (including phenoxy) is 1. The zero-order chi connectivity index (χ0) is 12.8. The Bertz CT molecular complexity index is 587. The van der Waals surface area contributed by atoms with E-state index in [2.05, 4.69) is 11.9 Å². The third-order valence-corrected chi connectivity index (χ3v) is 3.77. The van der Waals surface area contributed by atoms with Gasteiger partial charge in [0.05, 0.1) is 23.2 Å². The van der Waals surface area contributed by atoms with Crippen LogP contribution in [-0.2, 0) is 11.3 Å². The molecule has 1 fully saturated rings. The van der Waals surface area contributed by atoms with E-state index in [1.54, 1.807) is 0 Å². The summed E-state index contributed by atoms with van der Waals surface area (Å²) in [5.74, 6) is 0.518. The molecule has 1 saturated heterocycles. The number of fused-ring (bicyclic) bond motifs is 1. The summed E-state index contributed by atoms with van der Waals surface area (Å²) in [6, 6.07) is 5.62. The third-order valence-electron chi connectivity index (χ3n) is 3.53. The van der Waals surface area contributed by atoms with Crippen molar-refractivity contribution in [2.75, 3.05) is 12.3 Å². The molecule has 1 aliphatic heterocycles. The highest BCUT2D eigenvalue weighted by molar-refractivity contribution is 6.31. The molecule has 0 spiro atoms. The second kappa shape index (κ2) is 4.14. The van der Waals surface area contributed by atoms with E-state index in [-0.39, 0.29) is 5.60 Å². The van der Waals surface area contributed by atoms with Gasteiger partial charge in [-0.05, 0) is 38.0 Å².